The van der Waals surface area contributed by atoms with Gasteiger partial charge in [-0.2, -0.15) is 0 Å². The molecular formula is C15H22ClN3. The van der Waals surface area contributed by atoms with Crippen molar-refractivity contribution in [3.05, 3.63) is 23.7 Å². The average molecular weight is 280 g/mol. The molecule has 4 heteroatoms. The monoisotopic (exact) mass is 279 g/mol. The lowest BCUT2D eigenvalue weighted by Gasteiger charge is -2.23. The quantitative estimate of drug-likeness (QED) is 0.771. The Bertz CT molecular complexity index is 560. The molecule has 19 heavy (non-hydrogen) atoms. The Morgan fingerprint density at radius 2 is 2.11 bits per heavy atom. The van der Waals surface area contributed by atoms with Crippen LogP contribution in [-0.4, -0.2) is 20.4 Å². The van der Waals surface area contributed by atoms with Crippen molar-refractivity contribution in [2.24, 2.45) is 5.92 Å². The first-order chi connectivity index (χ1) is 9.08. The number of hydrogen-bond acceptors (Lipinski definition) is 2. The first kappa shape index (κ1) is 14.3. The maximum atomic E-state index is 5.92. The zero-order valence-electron chi connectivity index (χ0n) is 12.2. The van der Waals surface area contributed by atoms with Crippen LogP contribution in [-0.2, 0) is 6.42 Å². The van der Waals surface area contributed by atoms with Crippen molar-refractivity contribution in [2.75, 3.05) is 5.88 Å². The molecule has 104 valence electrons. The SMILES string of the molecule is CCC(C(C)C)n1c(CCCl)nc2cc(C)cnc21. The van der Waals surface area contributed by atoms with Crippen LogP contribution in [0.5, 0.6) is 0 Å². The van der Waals surface area contributed by atoms with Crippen LogP contribution in [0.2, 0.25) is 0 Å². The number of rotatable bonds is 5. The second-order valence-electron chi connectivity index (χ2n) is 5.41. The molecule has 3 nitrogen and oxygen atoms in total. The summed E-state index contributed by atoms with van der Waals surface area (Å²) in [6, 6.07) is 2.53. The second kappa shape index (κ2) is 5.91. The van der Waals surface area contributed by atoms with E-state index in [1.165, 1.54) is 0 Å². The fraction of sp³-hybridized carbons (Fsp3) is 0.600. The van der Waals surface area contributed by atoms with Gasteiger partial charge in [0.25, 0.3) is 0 Å². The van der Waals surface area contributed by atoms with Gasteiger partial charge >= 0.3 is 0 Å². The standard InChI is InChI=1S/C15H22ClN3/c1-5-13(10(2)3)19-14(6-7-16)18-12-8-11(4)9-17-15(12)19/h8-10,13H,5-7H2,1-4H3. The summed E-state index contributed by atoms with van der Waals surface area (Å²) in [6.45, 7) is 8.76. The summed E-state index contributed by atoms with van der Waals surface area (Å²) < 4.78 is 2.29. The fourth-order valence-electron chi connectivity index (χ4n) is 2.69. The summed E-state index contributed by atoms with van der Waals surface area (Å²) in [5.74, 6) is 2.21. The van der Waals surface area contributed by atoms with Crippen LogP contribution in [0, 0.1) is 12.8 Å². The van der Waals surface area contributed by atoms with Crippen molar-refractivity contribution >= 4 is 22.8 Å². The van der Waals surface area contributed by atoms with Gasteiger partial charge in [0.2, 0.25) is 0 Å². The van der Waals surface area contributed by atoms with E-state index in [4.69, 9.17) is 16.6 Å². The number of aryl methyl sites for hydroxylation is 2. The molecule has 0 spiro atoms. The first-order valence-electron chi connectivity index (χ1n) is 6.97. The minimum absolute atomic E-state index is 0.429. The van der Waals surface area contributed by atoms with E-state index in [9.17, 15) is 0 Å². The number of aromatic nitrogens is 3. The van der Waals surface area contributed by atoms with Gasteiger partial charge in [-0.05, 0) is 30.9 Å². The van der Waals surface area contributed by atoms with Gasteiger partial charge in [-0.3, -0.25) is 0 Å². The number of halogens is 1. The Balaban J connectivity index is 2.63. The largest absolute Gasteiger partial charge is 0.309 e. The van der Waals surface area contributed by atoms with Gasteiger partial charge in [0.05, 0.1) is 0 Å². The molecule has 2 rings (SSSR count). The third-order valence-electron chi connectivity index (χ3n) is 3.58. The Kier molecular flexibility index (Phi) is 4.46. The zero-order valence-corrected chi connectivity index (χ0v) is 12.9. The first-order valence-corrected chi connectivity index (χ1v) is 7.51. The molecule has 0 aromatic carbocycles. The molecule has 0 aliphatic heterocycles. The van der Waals surface area contributed by atoms with Crippen molar-refractivity contribution in [3.63, 3.8) is 0 Å². The Hall–Kier alpha value is -1.09. The van der Waals surface area contributed by atoms with Gasteiger partial charge in [0.1, 0.15) is 11.3 Å². The van der Waals surface area contributed by atoms with Crippen molar-refractivity contribution in [3.8, 4) is 0 Å². The Morgan fingerprint density at radius 3 is 2.68 bits per heavy atom. The molecule has 0 saturated heterocycles. The van der Waals surface area contributed by atoms with E-state index in [0.717, 1.165) is 35.4 Å². The van der Waals surface area contributed by atoms with Crippen LogP contribution in [0.4, 0.5) is 0 Å². The van der Waals surface area contributed by atoms with E-state index in [1.807, 2.05) is 13.1 Å². The lowest BCUT2D eigenvalue weighted by molar-refractivity contribution is 0.363. The van der Waals surface area contributed by atoms with Crippen LogP contribution >= 0.6 is 11.6 Å². The van der Waals surface area contributed by atoms with Crippen LogP contribution < -0.4 is 0 Å². The molecule has 1 atom stereocenters. The maximum absolute atomic E-state index is 5.92. The number of pyridine rings is 1. The summed E-state index contributed by atoms with van der Waals surface area (Å²) in [5.41, 5.74) is 3.12. The Labute approximate surface area is 120 Å². The highest BCUT2D eigenvalue weighted by molar-refractivity contribution is 6.17. The number of nitrogens with zero attached hydrogens (tertiary/aromatic N) is 3. The predicted molar refractivity (Wildman–Crippen MR) is 80.9 cm³/mol. The minimum Gasteiger partial charge on any atom is -0.309 e. The third-order valence-corrected chi connectivity index (χ3v) is 3.77. The van der Waals surface area contributed by atoms with Gasteiger partial charge in [0, 0.05) is 24.5 Å². The smallest absolute Gasteiger partial charge is 0.160 e. The highest BCUT2D eigenvalue weighted by Gasteiger charge is 2.21. The van der Waals surface area contributed by atoms with E-state index < -0.39 is 0 Å². The summed E-state index contributed by atoms with van der Waals surface area (Å²) in [7, 11) is 0. The van der Waals surface area contributed by atoms with Crippen molar-refractivity contribution in [2.45, 2.75) is 46.6 Å². The van der Waals surface area contributed by atoms with E-state index in [-0.39, 0.29) is 0 Å². The number of hydrogen-bond donors (Lipinski definition) is 0. The van der Waals surface area contributed by atoms with E-state index in [2.05, 4.69) is 36.4 Å². The lowest BCUT2D eigenvalue weighted by Crippen LogP contribution is -2.17. The molecule has 2 aromatic rings. The highest BCUT2D eigenvalue weighted by atomic mass is 35.5. The number of alkyl halides is 1. The molecule has 1 unspecified atom stereocenters. The van der Waals surface area contributed by atoms with Gasteiger partial charge in [0.15, 0.2) is 5.65 Å². The average Bonchev–Trinajstić information content (AvgIpc) is 2.68. The molecule has 0 saturated carbocycles. The van der Waals surface area contributed by atoms with E-state index in [1.54, 1.807) is 0 Å². The van der Waals surface area contributed by atoms with Gasteiger partial charge < -0.3 is 4.57 Å². The number of imidazole rings is 1. The molecule has 0 radical (unpaired) electrons. The number of fused-ring (bicyclic) bond motifs is 1. The molecule has 0 amide bonds. The van der Waals surface area contributed by atoms with Crippen molar-refractivity contribution in [1.82, 2.24) is 14.5 Å². The molecule has 0 aliphatic carbocycles. The normalized spacial score (nSPS) is 13.4. The van der Waals surface area contributed by atoms with Gasteiger partial charge in [-0.15, -0.1) is 11.6 Å². The molecule has 0 aliphatic rings. The molecule has 0 N–H and O–H groups in total. The molecule has 2 aromatic heterocycles. The topological polar surface area (TPSA) is 30.7 Å². The summed E-state index contributed by atoms with van der Waals surface area (Å²) >= 11 is 5.92. The minimum atomic E-state index is 0.429. The summed E-state index contributed by atoms with van der Waals surface area (Å²) in [4.78, 5) is 9.32. The fourth-order valence-corrected chi connectivity index (χ4v) is 2.86. The van der Waals surface area contributed by atoms with Crippen LogP contribution in [0.3, 0.4) is 0 Å². The summed E-state index contributed by atoms with van der Waals surface area (Å²) in [6.07, 6.45) is 3.78. The van der Waals surface area contributed by atoms with E-state index >= 15 is 0 Å². The third kappa shape index (κ3) is 2.76. The maximum Gasteiger partial charge on any atom is 0.160 e. The summed E-state index contributed by atoms with van der Waals surface area (Å²) in [5, 5.41) is 0. The van der Waals surface area contributed by atoms with Crippen molar-refractivity contribution in [1.29, 1.82) is 0 Å². The van der Waals surface area contributed by atoms with Gasteiger partial charge in [-0.1, -0.05) is 20.8 Å². The van der Waals surface area contributed by atoms with Crippen LogP contribution in [0.1, 0.15) is 44.6 Å². The molecule has 0 bridgehead atoms. The van der Waals surface area contributed by atoms with Gasteiger partial charge in [-0.25, -0.2) is 9.97 Å². The second-order valence-corrected chi connectivity index (χ2v) is 5.79. The van der Waals surface area contributed by atoms with Crippen LogP contribution in [0.25, 0.3) is 11.2 Å². The molecule has 0 fully saturated rings. The molecule has 2 heterocycles. The predicted octanol–water partition coefficient (Wildman–Crippen LogP) is 4.13. The molecular weight excluding hydrogens is 258 g/mol. The van der Waals surface area contributed by atoms with Crippen LogP contribution in [0.15, 0.2) is 12.3 Å². The lowest BCUT2D eigenvalue weighted by atomic mass is 10.0. The van der Waals surface area contributed by atoms with Crippen molar-refractivity contribution < 1.29 is 0 Å². The Morgan fingerprint density at radius 1 is 1.37 bits per heavy atom. The van der Waals surface area contributed by atoms with E-state index in [0.29, 0.717) is 17.8 Å². The zero-order chi connectivity index (χ0) is 14.0. The highest BCUT2D eigenvalue weighted by Crippen LogP contribution is 2.28.